The second-order valence-electron chi connectivity index (χ2n) is 6.19. The molecule has 2 aromatic carbocycles. The Hall–Kier alpha value is -3.63. The maximum atomic E-state index is 12.5. The molecule has 0 aliphatic carbocycles. The molecule has 1 amide bonds. The lowest BCUT2D eigenvalue weighted by atomic mass is 10.0. The lowest BCUT2D eigenvalue weighted by molar-refractivity contribution is -0.136. The van der Waals surface area contributed by atoms with Crippen LogP contribution in [0.2, 0.25) is 0 Å². The minimum absolute atomic E-state index is 0.0907. The van der Waals surface area contributed by atoms with Gasteiger partial charge in [0.15, 0.2) is 0 Å². The second kappa shape index (κ2) is 8.37. The van der Waals surface area contributed by atoms with Crippen molar-refractivity contribution in [3.63, 3.8) is 0 Å². The highest BCUT2D eigenvalue weighted by molar-refractivity contribution is 6.08. The zero-order chi connectivity index (χ0) is 20.1. The molecule has 0 bridgehead atoms. The van der Waals surface area contributed by atoms with Gasteiger partial charge in [-0.2, -0.15) is 5.26 Å². The number of nitrogens with zero attached hydrogens (tertiary/aromatic N) is 2. The van der Waals surface area contributed by atoms with Gasteiger partial charge in [-0.25, -0.2) is 4.79 Å². The molecule has 7 heteroatoms. The Morgan fingerprint density at radius 3 is 2.64 bits per heavy atom. The first-order valence-corrected chi connectivity index (χ1v) is 8.66. The zero-order valence-corrected chi connectivity index (χ0v) is 15.3. The number of β-amino-alcohol motifs (C(OH)–C–C–N with tert-alkyl or cyclic N) is 1. The number of hydrogen-bond donors (Lipinski definition) is 2. The molecule has 0 spiro atoms. The maximum absolute atomic E-state index is 12.5. The van der Waals surface area contributed by atoms with Crippen molar-refractivity contribution in [2.24, 2.45) is 0 Å². The fourth-order valence-electron chi connectivity index (χ4n) is 3.01. The molecule has 0 radical (unpaired) electrons. The maximum Gasteiger partial charge on any atom is 0.337 e. The van der Waals surface area contributed by atoms with E-state index in [0.717, 1.165) is 11.1 Å². The number of amides is 1. The Morgan fingerprint density at radius 2 is 2.00 bits per heavy atom. The van der Waals surface area contributed by atoms with Crippen molar-refractivity contribution in [3.8, 4) is 17.2 Å². The van der Waals surface area contributed by atoms with Crippen LogP contribution in [0.5, 0.6) is 0 Å². The molecular weight excluding hydrogens is 358 g/mol. The van der Waals surface area contributed by atoms with Crippen LogP contribution in [0, 0.1) is 11.3 Å². The Balaban J connectivity index is 1.84. The van der Waals surface area contributed by atoms with Gasteiger partial charge in [0.1, 0.15) is 5.70 Å². The SMILES string of the molecule is COC(=O)C1=C(Nc2ccc(-c3cccc(C#N)c3)cc2)C(=O)N(CCO)C1. The summed E-state index contributed by atoms with van der Waals surface area (Å²) in [6.07, 6.45) is 0. The van der Waals surface area contributed by atoms with Crippen LogP contribution >= 0.6 is 0 Å². The minimum Gasteiger partial charge on any atom is -0.466 e. The summed E-state index contributed by atoms with van der Waals surface area (Å²) in [7, 11) is 1.26. The first kappa shape index (κ1) is 19.1. The van der Waals surface area contributed by atoms with E-state index in [9.17, 15) is 9.59 Å². The highest BCUT2D eigenvalue weighted by Gasteiger charge is 2.34. The number of rotatable bonds is 6. The Bertz CT molecular complexity index is 974. The van der Waals surface area contributed by atoms with Crippen molar-refractivity contribution in [2.45, 2.75) is 0 Å². The first-order chi connectivity index (χ1) is 13.6. The van der Waals surface area contributed by atoms with Crippen LogP contribution in [-0.4, -0.2) is 48.7 Å². The molecule has 2 aromatic rings. The number of ether oxygens (including phenoxy) is 1. The smallest absolute Gasteiger partial charge is 0.337 e. The van der Waals surface area contributed by atoms with E-state index in [1.807, 2.05) is 24.3 Å². The molecule has 0 fully saturated rings. The Morgan fingerprint density at radius 1 is 1.25 bits per heavy atom. The molecule has 2 N–H and O–H groups in total. The van der Waals surface area contributed by atoms with Crippen molar-refractivity contribution in [1.82, 2.24) is 4.90 Å². The molecule has 0 atom stereocenters. The van der Waals surface area contributed by atoms with Gasteiger partial charge in [-0.15, -0.1) is 0 Å². The van der Waals surface area contributed by atoms with Gasteiger partial charge in [-0.1, -0.05) is 24.3 Å². The largest absolute Gasteiger partial charge is 0.466 e. The predicted octanol–water partition coefficient (Wildman–Crippen LogP) is 1.90. The molecule has 0 saturated carbocycles. The van der Waals surface area contributed by atoms with Gasteiger partial charge in [-0.3, -0.25) is 4.79 Å². The Labute approximate surface area is 162 Å². The fraction of sp³-hybridized carbons (Fsp3) is 0.190. The van der Waals surface area contributed by atoms with E-state index in [0.29, 0.717) is 11.3 Å². The molecule has 7 nitrogen and oxygen atoms in total. The number of aliphatic hydroxyl groups is 1. The molecule has 3 rings (SSSR count). The molecule has 1 aliphatic heterocycles. The minimum atomic E-state index is -0.582. The van der Waals surface area contributed by atoms with E-state index in [2.05, 4.69) is 11.4 Å². The quantitative estimate of drug-likeness (QED) is 0.746. The normalized spacial score (nSPS) is 13.5. The van der Waals surface area contributed by atoms with Crippen LogP contribution in [0.1, 0.15) is 5.56 Å². The number of anilines is 1. The molecule has 1 heterocycles. The lowest BCUT2D eigenvalue weighted by Gasteiger charge is -2.15. The standard InChI is InChI=1S/C21H19N3O4/c1-28-21(27)18-13-24(9-10-25)20(26)19(18)23-17-7-5-15(6-8-17)16-4-2-3-14(11-16)12-22/h2-8,11,23,25H,9-10,13H2,1H3. The number of hydrogen-bond acceptors (Lipinski definition) is 6. The van der Waals surface area contributed by atoms with Crippen LogP contribution in [0.25, 0.3) is 11.1 Å². The van der Waals surface area contributed by atoms with Crippen molar-refractivity contribution >= 4 is 17.6 Å². The van der Waals surface area contributed by atoms with Gasteiger partial charge in [0.05, 0.1) is 37.5 Å². The Kier molecular flexibility index (Phi) is 5.72. The van der Waals surface area contributed by atoms with Crippen LogP contribution in [0.4, 0.5) is 5.69 Å². The van der Waals surface area contributed by atoms with Crippen molar-refractivity contribution in [3.05, 3.63) is 65.4 Å². The highest BCUT2D eigenvalue weighted by atomic mass is 16.5. The highest BCUT2D eigenvalue weighted by Crippen LogP contribution is 2.26. The summed E-state index contributed by atoms with van der Waals surface area (Å²) >= 11 is 0. The van der Waals surface area contributed by atoms with Crippen LogP contribution < -0.4 is 5.32 Å². The van der Waals surface area contributed by atoms with Crippen LogP contribution in [0.3, 0.4) is 0 Å². The number of nitriles is 1. The first-order valence-electron chi connectivity index (χ1n) is 8.66. The zero-order valence-electron chi connectivity index (χ0n) is 15.3. The number of benzene rings is 2. The monoisotopic (exact) mass is 377 g/mol. The van der Waals surface area contributed by atoms with Crippen molar-refractivity contribution in [1.29, 1.82) is 5.26 Å². The number of nitrogens with one attached hydrogen (secondary N) is 1. The molecule has 0 saturated heterocycles. The molecule has 0 unspecified atom stereocenters. The summed E-state index contributed by atoms with van der Waals surface area (Å²) in [6, 6.07) is 16.7. The van der Waals surface area contributed by atoms with Gasteiger partial charge in [0, 0.05) is 12.2 Å². The summed E-state index contributed by atoms with van der Waals surface area (Å²) in [6.45, 7) is 0.0377. The average Bonchev–Trinajstić information content (AvgIpc) is 3.04. The molecule has 28 heavy (non-hydrogen) atoms. The van der Waals surface area contributed by atoms with E-state index in [1.165, 1.54) is 12.0 Å². The third-order valence-electron chi connectivity index (χ3n) is 4.43. The lowest BCUT2D eigenvalue weighted by Crippen LogP contribution is -2.31. The summed E-state index contributed by atoms with van der Waals surface area (Å²) in [5, 5.41) is 21.1. The van der Waals surface area contributed by atoms with Crippen LogP contribution in [-0.2, 0) is 14.3 Å². The summed E-state index contributed by atoms with van der Waals surface area (Å²) < 4.78 is 4.77. The van der Waals surface area contributed by atoms with Crippen molar-refractivity contribution < 1.29 is 19.4 Å². The third kappa shape index (κ3) is 3.87. The van der Waals surface area contributed by atoms with Gasteiger partial charge in [0.2, 0.25) is 0 Å². The summed E-state index contributed by atoms with van der Waals surface area (Å²) in [5.41, 5.74) is 3.42. The summed E-state index contributed by atoms with van der Waals surface area (Å²) in [4.78, 5) is 26.0. The van der Waals surface area contributed by atoms with Crippen molar-refractivity contribution in [2.75, 3.05) is 32.1 Å². The van der Waals surface area contributed by atoms with Gasteiger partial charge in [-0.05, 0) is 35.4 Å². The van der Waals surface area contributed by atoms with Gasteiger partial charge < -0.3 is 20.1 Å². The summed E-state index contributed by atoms with van der Waals surface area (Å²) in [5.74, 6) is -0.943. The number of methoxy groups -OCH3 is 1. The predicted molar refractivity (Wildman–Crippen MR) is 103 cm³/mol. The van der Waals surface area contributed by atoms with E-state index >= 15 is 0 Å². The molecule has 0 aromatic heterocycles. The number of aliphatic hydroxyl groups excluding tert-OH is 1. The molecular formula is C21H19N3O4. The number of carbonyl (C=O) groups is 2. The molecule has 1 aliphatic rings. The van der Waals surface area contributed by atoms with E-state index in [1.54, 1.807) is 24.3 Å². The average molecular weight is 377 g/mol. The topological polar surface area (TPSA) is 103 Å². The van der Waals surface area contributed by atoms with Gasteiger partial charge >= 0.3 is 5.97 Å². The van der Waals surface area contributed by atoms with E-state index in [4.69, 9.17) is 15.1 Å². The van der Waals surface area contributed by atoms with Gasteiger partial charge in [0.25, 0.3) is 5.91 Å². The van der Waals surface area contributed by atoms with Crippen LogP contribution in [0.15, 0.2) is 59.8 Å². The number of carbonyl (C=O) groups excluding carboxylic acids is 2. The fourth-order valence-corrected chi connectivity index (χ4v) is 3.01. The molecule has 142 valence electrons. The van der Waals surface area contributed by atoms with E-state index < -0.39 is 5.97 Å². The second-order valence-corrected chi connectivity index (χ2v) is 6.19. The third-order valence-corrected chi connectivity index (χ3v) is 4.43. The van der Waals surface area contributed by atoms with E-state index in [-0.39, 0.29) is 36.9 Å². The number of esters is 1.